The molecule has 0 bridgehead atoms. The van der Waals surface area contributed by atoms with Crippen molar-refractivity contribution in [2.24, 2.45) is 5.73 Å². The van der Waals surface area contributed by atoms with Crippen LogP contribution < -0.4 is 11.1 Å². The van der Waals surface area contributed by atoms with Crippen LogP contribution in [0.5, 0.6) is 0 Å². The Balaban J connectivity index is 2.85. The fourth-order valence-corrected chi connectivity index (χ4v) is 1.82. The summed E-state index contributed by atoms with van der Waals surface area (Å²) >= 11 is 5.89. The molecule has 19 heavy (non-hydrogen) atoms. The van der Waals surface area contributed by atoms with Crippen molar-refractivity contribution in [3.63, 3.8) is 0 Å². The van der Waals surface area contributed by atoms with Crippen LogP contribution >= 0.6 is 11.6 Å². The van der Waals surface area contributed by atoms with Crippen molar-refractivity contribution in [1.82, 2.24) is 10.3 Å². The Morgan fingerprint density at radius 2 is 2.00 bits per heavy atom. The van der Waals surface area contributed by atoms with Crippen molar-refractivity contribution < 1.29 is 9.59 Å². The smallest absolute Gasteiger partial charge is 0.251 e. The molecule has 6 heteroatoms. The molecule has 5 nitrogen and oxygen atoms in total. The van der Waals surface area contributed by atoms with Crippen molar-refractivity contribution >= 4 is 23.4 Å². The minimum atomic E-state index is -0.455. The summed E-state index contributed by atoms with van der Waals surface area (Å²) in [5.41, 5.74) is 6.26. The Morgan fingerprint density at radius 3 is 2.53 bits per heavy atom. The van der Waals surface area contributed by atoms with Crippen molar-refractivity contribution in [3.8, 4) is 0 Å². The first-order valence-corrected chi connectivity index (χ1v) is 6.44. The van der Waals surface area contributed by atoms with E-state index in [4.69, 9.17) is 17.3 Å². The van der Waals surface area contributed by atoms with E-state index >= 15 is 0 Å². The molecule has 1 aromatic heterocycles. The van der Waals surface area contributed by atoms with Crippen molar-refractivity contribution in [2.45, 2.75) is 39.2 Å². The molecule has 0 saturated carbocycles. The second kappa shape index (κ2) is 6.52. The highest BCUT2D eigenvalue weighted by Crippen LogP contribution is 2.17. The average molecular weight is 284 g/mol. The second-order valence-electron chi connectivity index (χ2n) is 4.80. The van der Waals surface area contributed by atoms with Crippen molar-refractivity contribution in [3.05, 3.63) is 28.5 Å². The number of carbonyl (C=O) groups is 2. The van der Waals surface area contributed by atoms with Crippen LogP contribution in [0.3, 0.4) is 0 Å². The van der Waals surface area contributed by atoms with Gasteiger partial charge in [0.2, 0.25) is 5.91 Å². The quantitative estimate of drug-likeness (QED) is 0.809. The lowest BCUT2D eigenvalue weighted by Crippen LogP contribution is -2.35. The summed E-state index contributed by atoms with van der Waals surface area (Å²) < 4.78 is 0. The SMILES string of the molecule is CC(CC(N)=O)NC(=O)c1cc(Cl)nc(C(C)C)c1. The molecule has 3 N–H and O–H groups in total. The van der Waals surface area contributed by atoms with Gasteiger partial charge in [0.1, 0.15) is 5.15 Å². The monoisotopic (exact) mass is 283 g/mol. The highest BCUT2D eigenvalue weighted by molar-refractivity contribution is 6.29. The summed E-state index contributed by atoms with van der Waals surface area (Å²) in [4.78, 5) is 26.9. The third kappa shape index (κ3) is 4.87. The van der Waals surface area contributed by atoms with Gasteiger partial charge in [0, 0.05) is 23.7 Å². The Kier molecular flexibility index (Phi) is 5.30. The van der Waals surface area contributed by atoms with Gasteiger partial charge in [-0.2, -0.15) is 0 Å². The third-order valence-electron chi connectivity index (χ3n) is 2.55. The molecule has 1 unspecified atom stereocenters. The normalized spacial score (nSPS) is 12.3. The van der Waals surface area contributed by atoms with Crippen LogP contribution in [0.1, 0.15) is 49.2 Å². The number of pyridine rings is 1. The summed E-state index contributed by atoms with van der Waals surface area (Å²) in [6, 6.07) is 2.88. The Hall–Kier alpha value is -1.62. The fourth-order valence-electron chi connectivity index (χ4n) is 1.60. The zero-order valence-electron chi connectivity index (χ0n) is 11.2. The maximum Gasteiger partial charge on any atom is 0.251 e. The van der Waals surface area contributed by atoms with Gasteiger partial charge in [0.15, 0.2) is 0 Å². The third-order valence-corrected chi connectivity index (χ3v) is 2.75. The lowest BCUT2D eigenvalue weighted by molar-refractivity contribution is -0.118. The molecule has 0 fully saturated rings. The molecule has 1 rings (SSSR count). The minimum Gasteiger partial charge on any atom is -0.370 e. The topological polar surface area (TPSA) is 85.1 Å². The number of primary amides is 1. The summed E-state index contributed by atoms with van der Waals surface area (Å²) in [6.45, 7) is 5.65. The molecular formula is C13H18ClN3O2. The van der Waals surface area contributed by atoms with E-state index in [0.29, 0.717) is 5.56 Å². The molecule has 0 aliphatic rings. The van der Waals surface area contributed by atoms with E-state index in [-0.39, 0.29) is 29.4 Å². The van der Waals surface area contributed by atoms with E-state index in [9.17, 15) is 9.59 Å². The van der Waals surface area contributed by atoms with Gasteiger partial charge in [-0.05, 0) is 25.0 Å². The van der Waals surface area contributed by atoms with Gasteiger partial charge in [-0.15, -0.1) is 0 Å². The molecule has 0 aromatic carbocycles. The fraction of sp³-hybridized carbons (Fsp3) is 0.462. The van der Waals surface area contributed by atoms with Gasteiger partial charge >= 0.3 is 0 Å². The number of amides is 2. The van der Waals surface area contributed by atoms with Crippen LogP contribution in [0, 0.1) is 0 Å². The summed E-state index contributed by atoms with van der Waals surface area (Å²) in [5.74, 6) is -0.573. The van der Waals surface area contributed by atoms with Crippen LogP contribution in [0.4, 0.5) is 0 Å². The van der Waals surface area contributed by atoms with E-state index in [1.165, 1.54) is 6.07 Å². The first-order valence-electron chi connectivity index (χ1n) is 6.06. The number of halogens is 1. The molecule has 0 saturated heterocycles. The highest BCUT2D eigenvalue weighted by atomic mass is 35.5. The van der Waals surface area contributed by atoms with Gasteiger partial charge in [0.05, 0.1) is 0 Å². The van der Waals surface area contributed by atoms with E-state index < -0.39 is 5.91 Å². The largest absolute Gasteiger partial charge is 0.370 e. The lowest BCUT2D eigenvalue weighted by atomic mass is 10.1. The van der Waals surface area contributed by atoms with Crippen molar-refractivity contribution in [2.75, 3.05) is 0 Å². The molecule has 0 aliphatic carbocycles. The lowest BCUT2D eigenvalue weighted by Gasteiger charge is -2.13. The molecule has 1 heterocycles. The van der Waals surface area contributed by atoms with Gasteiger partial charge in [-0.3, -0.25) is 9.59 Å². The zero-order chi connectivity index (χ0) is 14.6. The van der Waals surface area contributed by atoms with Gasteiger partial charge in [-0.1, -0.05) is 25.4 Å². The van der Waals surface area contributed by atoms with Gasteiger partial charge in [-0.25, -0.2) is 4.98 Å². The number of nitrogens with two attached hydrogens (primary N) is 1. The highest BCUT2D eigenvalue weighted by Gasteiger charge is 2.14. The second-order valence-corrected chi connectivity index (χ2v) is 5.19. The number of hydrogen-bond acceptors (Lipinski definition) is 3. The number of aromatic nitrogens is 1. The molecule has 2 amide bonds. The first-order chi connectivity index (χ1) is 8.79. The Morgan fingerprint density at radius 1 is 1.37 bits per heavy atom. The maximum absolute atomic E-state index is 12.0. The first kappa shape index (κ1) is 15.4. The average Bonchev–Trinajstić information content (AvgIpc) is 2.26. The summed E-state index contributed by atoms with van der Waals surface area (Å²) in [5, 5.41) is 2.97. The van der Waals surface area contributed by atoms with E-state index in [2.05, 4.69) is 10.3 Å². The number of nitrogens with zero attached hydrogens (tertiary/aromatic N) is 1. The molecule has 0 aliphatic heterocycles. The predicted molar refractivity (Wildman–Crippen MR) is 74.1 cm³/mol. The zero-order valence-corrected chi connectivity index (χ0v) is 12.0. The standard InChI is InChI=1S/C13H18ClN3O2/c1-7(2)10-5-9(6-11(14)17-10)13(19)16-8(3)4-12(15)18/h5-8H,4H2,1-3H3,(H2,15,18)(H,16,19). The van der Waals surface area contributed by atoms with Crippen LogP contribution in [0.2, 0.25) is 5.15 Å². The van der Waals surface area contributed by atoms with Crippen LogP contribution in [0.25, 0.3) is 0 Å². The molecule has 104 valence electrons. The number of nitrogens with one attached hydrogen (secondary N) is 1. The Labute approximate surface area is 117 Å². The van der Waals surface area contributed by atoms with E-state index in [0.717, 1.165) is 5.69 Å². The number of hydrogen-bond donors (Lipinski definition) is 2. The molecule has 1 atom stereocenters. The predicted octanol–water partition coefficient (Wildman–Crippen LogP) is 1.85. The van der Waals surface area contributed by atoms with Crippen molar-refractivity contribution in [1.29, 1.82) is 0 Å². The molecule has 1 aromatic rings. The summed E-state index contributed by atoms with van der Waals surface area (Å²) in [6.07, 6.45) is 0.0988. The molecular weight excluding hydrogens is 266 g/mol. The molecule has 0 spiro atoms. The summed E-state index contributed by atoms with van der Waals surface area (Å²) in [7, 11) is 0. The van der Waals surface area contributed by atoms with Crippen LogP contribution in [0.15, 0.2) is 12.1 Å². The van der Waals surface area contributed by atoms with E-state index in [1.54, 1.807) is 13.0 Å². The van der Waals surface area contributed by atoms with Crippen LogP contribution in [-0.4, -0.2) is 22.8 Å². The number of carbonyl (C=O) groups excluding carboxylic acids is 2. The number of rotatable bonds is 5. The van der Waals surface area contributed by atoms with Crippen LogP contribution in [-0.2, 0) is 4.79 Å². The molecule has 0 radical (unpaired) electrons. The Bertz CT molecular complexity index is 489. The van der Waals surface area contributed by atoms with Gasteiger partial charge in [0.25, 0.3) is 5.91 Å². The van der Waals surface area contributed by atoms with E-state index in [1.807, 2.05) is 13.8 Å². The minimum absolute atomic E-state index is 0.0988. The maximum atomic E-state index is 12.0. The van der Waals surface area contributed by atoms with Gasteiger partial charge < -0.3 is 11.1 Å².